The number of aryl methyl sites for hydroxylation is 3. The van der Waals surface area contributed by atoms with E-state index in [1.807, 2.05) is 6.20 Å². The fourth-order valence-electron chi connectivity index (χ4n) is 7.12. The number of aliphatic hydroxyl groups is 3. The van der Waals surface area contributed by atoms with Crippen molar-refractivity contribution in [2.75, 3.05) is 25.6 Å². The highest BCUT2D eigenvalue weighted by molar-refractivity contribution is 8.44. The average molecular weight is 787 g/mol. The van der Waals surface area contributed by atoms with E-state index in [1.54, 1.807) is 4.57 Å². The van der Waals surface area contributed by atoms with Crippen molar-refractivity contribution in [2.24, 2.45) is 0 Å². The first kappa shape index (κ1) is 35.8. The van der Waals surface area contributed by atoms with Crippen molar-refractivity contribution in [3.8, 4) is 0 Å². The van der Waals surface area contributed by atoms with Gasteiger partial charge in [-0.05, 0) is 55.9 Å². The zero-order valence-electron chi connectivity index (χ0n) is 26.8. The summed E-state index contributed by atoms with van der Waals surface area (Å²) < 4.78 is 52.4. The normalized spacial score (nSPS) is 36.0. The summed E-state index contributed by atoms with van der Waals surface area (Å²) in [4.78, 5) is 33.1. The minimum Gasteiger partial charge on any atom is -0.396 e. The molecule has 4 aromatic heterocycles. The third-order valence-electron chi connectivity index (χ3n) is 9.44. The number of hydrogen-bond donors (Lipinski definition) is 6. The Morgan fingerprint density at radius 3 is 2.57 bits per heavy atom. The van der Waals surface area contributed by atoms with Crippen LogP contribution in [0, 0.1) is 0 Å². The van der Waals surface area contributed by atoms with E-state index < -0.39 is 75.8 Å². The van der Waals surface area contributed by atoms with Gasteiger partial charge in [0.2, 0.25) is 5.95 Å². The molecule has 51 heavy (non-hydrogen) atoms. The summed E-state index contributed by atoms with van der Waals surface area (Å²) in [7, 11) is 0. The van der Waals surface area contributed by atoms with Crippen LogP contribution in [0.3, 0.4) is 0 Å². The van der Waals surface area contributed by atoms with Gasteiger partial charge in [-0.25, -0.2) is 24.5 Å². The summed E-state index contributed by atoms with van der Waals surface area (Å²) in [5, 5.41) is 33.2. The van der Waals surface area contributed by atoms with Gasteiger partial charge in [-0.3, -0.25) is 18.1 Å². The summed E-state index contributed by atoms with van der Waals surface area (Å²) in [6, 6.07) is 0. The summed E-state index contributed by atoms with van der Waals surface area (Å²) in [6.45, 7) is -9.55. The molecular weight excluding hydrogens is 750 g/mol. The van der Waals surface area contributed by atoms with Crippen molar-refractivity contribution < 1.29 is 52.3 Å². The van der Waals surface area contributed by atoms with Crippen molar-refractivity contribution in [1.29, 1.82) is 0 Å². The number of hydrogen-bond acceptors (Lipinski definition) is 17. The molecule has 10 atom stereocenters. The van der Waals surface area contributed by atoms with Gasteiger partial charge in [0.1, 0.15) is 54.1 Å². The Bertz CT molecular complexity index is 2060. The SMILES string of the molecule is Nc1nc(CCCO)c2ncn([C@@H]3O[C@@H]4COP(O)(=S)O[C@H]5[C@@H](O)[C@H](n6cc7c8c(ncnc86)CCCC7)O[C@@H]5COP(=O)(S)O[C@@H]3[C@@H]4O)c2n1. The number of fused-ring (bicyclic) bond motifs is 4. The van der Waals surface area contributed by atoms with E-state index in [0.29, 0.717) is 29.7 Å². The fraction of sp³-hybridized carbons (Fsp3) is 0.607. The number of thiol groups is 1. The van der Waals surface area contributed by atoms with Gasteiger partial charge in [-0.15, -0.1) is 0 Å². The van der Waals surface area contributed by atoms with E-state index in [-0.39, 0.29) is 18.2 Å². The number of imidazole rings is 1. The summed E-state index contributed by atoms with van der Waals surface area (Å²) >= 11 is 9.56. The lowest BCUT2D eigenvalue weighted by Crippen LogP contribution is -2.36. The third kappa shape index (κ3) is 6.76. The molecule has 4 aliphatic rings. The molecule has 0 amide bonds. The van der Waals surface area contributed by atoms with Crippen LogP contribution in [0.1, 0.15) is 48.7 Å². The van der Waals surface area contributed by atoms with Gasteiger partial charge in [0, 0.05) is 18.2 Å². The lowest BCUT2D eigenvalue weighted by atomic mass is 10.1. The Hall–Kier alpha value is -2.20. The minimum absolute atomic E-state index is 0.0663. The molecule has 3 aliphatic heterocycles. The second-order valence-electron chi connectivity index (χ2n) is 12.7. The van der Waals surface area contributed by atoms with Gasteiger partial charge >= 0.3 is 13.5 Å². The second kappa shape index (κ2) is 13.9. The quantitative estimate of drug-likeness (QED) is 0.123. The van der Waals surface area contributed by atoms with Crippen LogP contribution in [0.15, 0.2) is 18.9 Å². The van der Waals surface area contributed by atoms with E-state index in [0.717, 1.165) is 42.3 Å². The molecule has 0 saturated carbocycles. The van der Waals surface area contributed by atoms with Crippen molar-refractivity contribution in [3.05, 3.63) is 35.8 Å². The molecule has 276 valence electrons. The van der Waals surface area contributed by atoms with Gasteiger partial charge in [-0.1, -0.05) is 12.2 Å². The molecule has 2 bridgehead atoms. The number of nitrogens with zero attached hydrogens (tertiary/aromatic N) is 7. The van der Waals surface area contributed by atoms with E-state index >= 15 is 0 Å². The van der Waals surface area contributed by atoms with E-state index in [4.69, 9.17) is 45.1 Å². The largest absolute Gasteiger partial charge is 0.396 e. The van der Waals surface area contributed by atoms with E-state index in [9.17, 15) is 24.8 Å². The predicted molar refractivity (Wildman–Crippen MR) is 184 cm³/mol. The number of aromatic nitrogens is 7. The Labute approximate surface area is 300 Å². The Balaban J connectivity index is 1.10. The highest BCUT2D eigenvalue weighted by Gasteiger charge is 2.53. The smallest absolute Gasteiger partial charge is 0.386 e. The minimum atomic E-state index is -4.33. The molecule has 6 N–H and O–H groups in total. The first-order chi connectivity index (χ1) is 24.4. The standard InChI is InChI=1S/C28H36N8O11P2S2/c29-28-33-15(6-3-7-37)19-25(34-28)36(12-32-19)27-23-20(38)16(44-27)9-42-48(40,50)46-22-17(10-43-49(41,51)47-23)45-26(21(22)39)35-8-13-4-1-2-5-14-18(13)24(35)31-11-30-14/h8,11-12,16-17,20-23,26-27,37-39H,1-7,9-10H2,(H,40,50)(H,41,51)(H2,29,33,34)/t16-,17-,20-,21-,22-,23-,26-,27-,48?,49?/m1/s1. The molecule has 2 unspecified atom stereocenters. The summed E-state index contributed by atoms with van der Waals surface area (Å²) in [6.07, 6.45) is -1.28. The molecular formula is C28H36N8O11P2S2. The Morgan fingerprint density at radius 1 is 0.961 bits per heavy atom. The maximum atomic E-state index is 13.8. The number of nitrogens with two attached hydrogens (primary N) is 1. The van der Waals surface area contributed by atoms with E-state index in [2.05, 4.69) is 37.2 Å². The zero-order chi connectivity index (χ0) is 35.7. The van der Waals surface area contributed by atoms with Gasteiger partial charge in [0.25, 0.3) is 0 Å². The zero-order valence-corrected chi connectivity index (χ0v) is 30.3. The average Bonchev–Trinajstić information content (AvgIpc) is 3.79. The number of anilines is 1. The van der Waals surface area contributed by atoms with Gasteiger partial charge < -0.3 is 44.5 Å². The number of rotatable bonds is 5. The molecule has 19 nitrogen and oxygen atoms in total. The molecule has 7 heterocycles. The Kier molecular flexibility index (Phi) is 9.76. The molecule has 3 fully saturated rings. The molecule has 4 aromatic rings. The van der Waals surface area contributed by atoms with Crippen LogP contribution in [0.4, 0.5) is 5.95 Å². The highest BCUT2D eigenvalue weighted by atomic mass is 32.7. The van der Waals surface area contributed by atoms with Crippen molar-refractivity contribution >= 4 is 65.7 Å². The molecule has 8 rings (SSSR count). The van der Waals surface area contributed by atoms with Crippen molar-refractivity contribution in [3.63, 3.8) is 0 Å². The molecule has 23 heteroatoms. The van der Waals surface area contributed by atoms with Crippen molar-refractivity contribution in [1.82, 2.24) is 34.1 Å². The van der Waals surface area contributed by atoms with Crippen LogP contribution in [-0.4, -0.2) is 111 Å². The maximum Gasteiger partial charge on any atom is 0.386 e. The highest BCUT2D eigenvalue weighted by Crippen LogP contribution is 2.58. The van der Waals surface area contributed by atoms with Gasteiger partial charge in [0.05, 0.1) is 30.9 Å². The molecule has 3 saturated heterocycles. The van der Waals surface area contributed by atoms with Gasteiger partial charge in [0.15, 0.2) is 18.1 Å². The van der Waals surface area contributed by atoms with Gasteiger partial charge in [-0.2, -0.15) is 4.98 Å². The molecule has 0 spiro atoms. The summed E-state index contributed by atoms with van der Waals surface area (Å²) in [5.74, 6) is -0.0663. The lowest BCUT2D eigenvalue weighted by Gasteiger charge is -2.27. The van der Waals surface area contributed by atoms with Crippen LogP contribution in [0.2, 0.25) is 0 Å². The molecule has 1 aliphatic carbocycles. The number of ether oxygens (including phenoxy) is 2. The van der Waals surface area contributed by atoms with Crippen LogP contribution < -0.4 is 5.73 Å². The fourth-order valence-corrected chi connectivity index (χ4v) is 10.0. The predicted octanol–water partition coefficient (Wildman–Crippen LogP) is 1.25. The summed E-state index contributed by atoms with van der Waals surface area (Å²) in [5.41, 5.74) is 9.55. The van der Waals surface area contributed by atoms with E-state index in [1.165, 1.54) is 17.2 Å². The topological polar surface area (TPSA) is 254 Å². The lowest BCUT2D eigenvalue weighted by molar-refractivity contribution is -0.0587. The first-order valence-corrected chi connectivity index (χ1v) is 21.6. The Morgan fingerprint density at radius 2 is 1.75 bits per heavy atom. The van der Waals surface area contributed by atoms with Crippen LogP contribution in [0.25, 0.3) is 22.2 Å². The maximum absolute atomic E-state index is 13.8. The number of aliphatic hydroxyl groups excluding tert-OH is 3. The third-order valence-corrected chi connectivity index (χ3v) is 12.6. The molecule has 0 aromatic carbocycles. The molecule has 0 radical (unpaired) electrons. The van der Waals surface area contributed by atoms with Crippen LogP contribution in [-0.2, 0) is 63.2 Å². The number of nitrogen functional groups attached to an aromatic ring is 1. The monoisotopic (exact) mass is 786 g/mol. The second-order valence-corrected chi connectivity index (χ2v) is 18.4. The van der Waals surface area contributed by atoms with Crippen molar-refractivity contribution in [2.45, 2.75) is 87.6 Å². The van der Waals surface area contributed by atoms with Crippen LogP contribution in [0.5, 0.6) is 0 Å². The first-order valence-electron chi connectivity index (χ1n) is 16.3. The van der Waals surface area contributed by atoms with Crippen LogP contribution >= 0.6 is 25.8 Å².